The highest BCUT2D eigenvalue weighted by atomic mass is 14.8. The first kappa shape index (κ1) is 8.51. The summed E-state index contributed by atoms with van der Waals surface area (Å²) in [5.41, 5.74) is 4.28. The largest absolute Gasteiger partial charge is 0.285 e. The van der Waals surface area contributed by atoms with Crippen LogP contribution in [-0.2, 0) is 0 Å². The fourth-order valence-corrected chi connectivity index (χ4v) is 1.48. The van der Waals surface area contributed by atoms with Crippen LogP contribution in [0.2, 0.25) is 0 Å². The molecule has 0 atom stereocenters. The molecule has 62 valence electrons. The van der Waals surface area contributed by atoms with E-state index in [1.54, 1.807) is 0 Å². The molecule has 1 aliphatic heterocycles. The van der Waals surface area contributed by atoms with E-state index in [1.165, 1.54) is 36.1 Å². The van der Waals surface area contributed by atoms with Gasteiger partial charge in [0.1, 0.15) is 0 Å². The third-order valence-electron chi connectivity index (χ3n) is 2.29. The van der Waals surface area contributed by atoms with Gasteiger partial charge < -0.3 is 0 Å². The Morgan fingerprint density at radius 3 is 2.55 bits per heavy atom. The number of allylic oxidation sites excluding steroid dienone is 1. The molecule has 11 heavy (non-hydrogen) atoms. The predicted octanol–water partition coefficient (Wildman–Crippen LogP) is 2.97. The number of nitrogens with zero attached hydrogens (tertiary/aromatic N) is 1. The molecule has 0 aromatic carbocycles. The fraction of sp³-hybridized carbons (Fsp3) is 0.700. The van der Waals surface area contributed by atoms with Crippen molar-refractivity contribution in [3.05, 3.63) is 11.1 Å². The molecule has 0 fully saturated rings. The third-order valence-corrected chi connectivity index (χ3v) is 2.29. The predicted molar refractivity (Wildman–Crippen MR) is 50.2 cm³/mol. The Morgan fingerprint density at radius 2 is 2.09 bits per heavy atom. The molecule has 0 amide bonds. The lowest BCUT2D eigenvalue weighted by atomic mass is 10.0. The number of rotatable bonds is 3. The topological polar surface area (TPSA) is 12.4 Å². The summed E-state index contributed by atoms with van der Waals surface area (Å²) < 4.78 is 0. The van der Waals surface area contributed by atoms with Gasteiger partial charge in [-0.2, -0.15) is 0 Å². The van der Waals surface area contributed by atoms with Crippen molar-refractivity contribution in [2.45, 2.75) is 40.0 Å². The van der Waals surface area contributed by atoms with Crippen molar-refractivity contribution in [1.29, 1.82) is 0 Å². The summed E-state index contributed by atoms with van der Waals surface area (Å²) in [6.07, 6.45) is 3.82. The second-order valence-electron chi connectivity index (χ2n) is 3.26. The number of aliphatic imine (C=N–C) groups is 1. The van der Waals surface area contributed by atoms with Gasteiger partial charge in [-0.05, 0) is 37.8 Å². The summed E-state index contributed by atoms with van der Waals surface area (Å²) in [7, 11) is 0. The Kier molecular flexibility index (Phi) is 2.86. The first-order valence-electron chi connectivity index (χ1n) is 4.45. The van der Waals surface area contributed by atoms with Crippen LogP contribution in [0.3, 0.4) is 0 Å². The summed E-state index contributed by atoms with van der Waals surface area (Å²) in [5.74, 6) is 0. The summed E-state index contributed by atoms with van der Waals surface area (Å²) in [6.45, 7) is 7.51. The molecule has 0 bridgehead atoms. The molecule has 0 aliphatic carbocycles. The SMILES string of the molecule is CCCCC1=C(C)CN=C1C. The molecule has 0 aromatic heterocycles. The molecule has 0 saturated carbocycles. The Morgan fingerprint density at radius 1 is 1.36 bits per heavy atom. The van der Waals surface area contributed by atoms with Crippen molar-refractivity contribution in [3.8, 4) is 0 Å². The lowest BCUT2D eigenvalue weighted by Gasteiger charge is -2.02. The molecular weight excluding hydrogens is 134 g/mol. The van der Waals surface area contributed by atoms with Crippen LogP contribution >= 0.6 is 0 Å². The van der Waals surface area contributed by atoms with E-state index in [2.05, 4.69) is 25.8 Å². The minimum Gasteiger partial charge on any atom is -0.285 e. The van der Waals surface area contributed by atoms with Crippen LogP contribution in [0.5, 0.6) is 0 Å². The third kappa shape index (κ3) is 1.92. The van der Waals surface area contributed by atoms with Crippen molar-refractivity contribution < 1.29 is 0 Å². The van der Waals surface area contributed by atoms with E-state index in [9.17, 15) is 0 Å². The summed E-state index contributed by atoms with van der Waals surface area (Å²) in [4.78, 5) is 4.39. The smallest absolute Gasteiger partial charge is 0.0606 e. The number of hydrogen-bond acceptors (Lipinski definition) is 1. The van der Waals surface area contributed by atoms with E-state index in [0.29, 0.717) is 0 Å². The zero-order valence-electron chi connectivity index (χ0n) is 7.78. The van der Waals surface area contributed by atoms with Crippen LogP contribution in [0.25, 0.3) is 0 Å². The monoisotopic (exact) mass is 151 g/mol. The van der Waals surface area contributed by atoms with E-state index in [1.807, 2.05) is 0 Å². The maximum Gasteiger partial charge on any atom is 0.0606 e. The van der Waals surface area contributed by atoms with E-state index >= 15 is 0 Å². The van der Waals surface area contributed by atoms with E-state index < -0.39 is 0 Å². The molecule has 1 nitrogen and oxygen atoms in total. The Bertz CT molecular complexity index is 199. The normalized spacial score (nSPS) is 17.5. The maximum absolute atomic E-state index is 4.39. The van der Waals surface area contributed by atoms with Gasteiger partial charge in [0.2, 0.25) is 0 Å². The average molecular weight is 151 g/mol. The molecule has 1 rings (SSSR count). The van der Waals surface area contributed by atoms with Gasteiger partial charge in [0.15, 0.2) is 0 Å². The van der Waals surface area contributed by atoms with Gasteiger partial charge in [-0.25, -0.2) is 0 Å². The van der Waals surface area contributed by atoms with Crippen LogP contribution in [0.1, 0.15) is 40.0 Å². The van der Waals surface area contributed by atoms with Gasteiger partial charge in [-0.3, -0.25) is 4.99 Å². The summed E-state index contributed by atoms with van der Waals surface area (Å²) in [6, 6.07) is 0. The average Bonchev–Trinajstić information content (AvgIpc) is 2.29. The summed E-state index contributed by atoms with van der Waals surface area (Å²) >= 11 is 0. The molecule has 0 aromatic rings. The van der Waals surface area contributed by atoms with Crippen molar-refractivity contribution in [2.75, 3.05) is 6.54 Å². The standard InChI is InChI=1S/C10H17N/c1-4-5-6-10-8(2)7-11-9(10)3/h4-7H2,1-3H3. The van der Waals surface area contributed by atoms with Gasteiger partial charge in [0.05, 0.1) is 6.54 Å². The molecule has 1 heterocycles. The molecule has 1 aliphatic rings. The van der Waals surface area contributed by atoms with Crippen molar-refractivity contribution >= 4 is 5.71 Å². The zero-order chi connectivity index (χ0) is 8.27. The van der Waals surface area contributed by atoms with E-state index in [4.69, 9.17) is 0 Å². The van der Waals surface area contributed by atoms with Crippen molar-refractivity contribution in [1.82, 2.24) is 0 Å². The molecular formula is C10H17N. The highest BCUT2D eigenvalue weighted by Crippen LogP contribution is 2.19. The second kappa shape index (κ2) is 3.70. The van der Waals surface area contributed by atoms with Crippen molar-refractivity contribution in [3.63, 3.8) is 0 Å². The Labute approximate surface area is 69.2 Å². The van der Waals surface area contributed by atoms with Gasteiger partial charge >= 0.3 is 0 Å². The lowest BCUT2D eigenvalue weighted by molar-refractivity contribution is 0.799. The minimum atomic E-state index is 0.949. The first-order chi connectivity index (χ1) is 5.25. The highest BCUT2D eigenvalue weighted by Gasteiger charge is 2.10. The number of unbranched alkanes of at least 4 members (excludes halogenated alkanes) is 1. The Balaban J connectivity index is 2.54. The van der Waals surface area contributed by atoms with E-state index in [-0.39, 0.29) is 0 Å². The van der Waals surface area contributed by atoms with E-state index in [0.717, 1.165) is 6.54 Å². The fourth-order valence-electron chi connectivity index (χ4n) is 1.48. The van der Waals surface area contributed by atoms with Crippen LogP contribution in [0.15, 0.2) is 16.1 Å². The van der Waals surface area contributed by atoms with Crippen LogP contribution < -0.4 is 0 Å². The quantitative estimate of drug-likeness (QED) is 0.588. The maximum atomic E-state index is 4.39. The molecule has 0 N–H and O–H groups in total. The van der Waals surface area contributed by atoms with Crippen LogP contribution in [-0.4, -0.2) is 12.3 Å². The summed E-state index contributed by atoms with van der Waals surface area (Å²) in [5, 5.41) is 0. The number of hydrogen-bond donors (Lipinski definition) is 0. The Hall–Kier alpha value is -0.590. The zero-order valence-corrected chi connectivity index (χ0v) is 7.78. The first-order valence-corrected chi connectivity index (χ1v) is 4.45. The van der Waals surface area contributed by atoms with Gasteiger partial charge in [0, 0.05) is 5.71 Å². The van der Waals surface area contributed by atoms with Crippen LogP contribution in [0, 0.1) is 0 Å². The minimum absolute atomic E-state index is 0.949. The van der Waals surface area contributed by atoms with Gasteiger partial charge in [-0.1, -0.05) is 13.3 Å². The molecule has 0 spiro atoms. The highest BCUT2D eigenvalue weighted by molar-refractivity contribution is 6.00. The lowest BCUT2D eigenvalue weighted by Crippen LogP contribution is -1.94. The van der Waals surface area contributed by atoms with Gasteiger partial charge in [0.25, 0.3) is 0 Å². The van der Waals surface area contributed by atoms with Crippen molar-refractivity contribution in [2.24, 2.45) is 4.99 Å². The van der Waals surface area contributed by atoms with Crippen LogP contribution in [0.4, 0.5) is 0 Å². The second-order valence-corrected chi connectivity index (χ2v) is 3.26. The van der Waals surface area contributed by atoms with Gasteiger partial charge in [-0.15, -0.1) is 0 Å². The molecule has 0 unspecified atom stereocenters. The molecule has 0 saturated heterocycles. The molecule has 1 heteroatoms. The molecule has 0 radical (unpaired) electrons.